The minimum Gasteiger partial charge on any atom is -0.493 e. The zero-order chi connectivity index (χ0) is 21.3. The van der Waals surface area contributed by atoms with E-state index in [1.807, 2.05) is 36.1 Å². The quantitative estimate of drug-likeness (QED) is 0.515. The monoisotopic (exact) mass is 410 g/mol. The summed E-state index contributed by atoms with van der Waals surface area (Å²) in [6.45, 7) is 4.66. The van der Waals surface area contributed by atoms with Crippen molar-refractivity contribution in [3.05, 3.63) is 53.6 Å². The Morgan fingerprint density at radius 3 is 2.70 bits per heavy atom. The van der Waals surface area contributed by atoms with Crippen molar-refractivity contribution in [2.24, 2.45) is 4.99 Å². The number of carbonyl (C=O) groups is 1. The summed E-state index contributed by atoms with van der Waals surface area (Å²) in [6.07, 6.45) is 1.62. The van der Waals surface area contributed by atoms with E-state index in [4.69, 9.17) is 9.47 Å². The minimum absolute atomic E-state index is 0.244. The van der Waals surface area contributed by atoms with Crippen LogP contribution in [0.15, 0.2) is 47.5 Å². The summed E-state index contributed by atoms with van der Waals surface area (Å²) in [5, 5.41) is 6.60. The Labute approximate surface area is 178 Å². The van der Waals surface area contributed by atoms with Gasteiger partial charge < -0.3 is 25.0 Å². The molecule has 30 heavy (non-hydrogen) atoms. The number of anilines is 1. The lowest BCUT2D eigenvalue weighted by atomic mass is 10.1. The van der Waals surface area contributed by atoms with Crippen molar-refractivity contribution in [3.63, 3.8) is 0 Å². The van der Waals surface area contributed by atoms with Gasteiger partial charge in [0.15, 0.2) is 17.5 Å². The Kier molecular flexibility index (Phi) is 7.54. The average molecular weight is 411 g/mol. The van der Waals surface area contributed by atoms with Crippen molar-refractivity contribution in [2.45, 2.75) is 32.9 Å². The van der Waals surface area contributed by atoms with Crippen molar-refractivity contribution in [1.29, 1.82) is 0 Å². The van der Waals surface area contributed by atoms with Gasteiger partial charge in [-0.3, -0.25) is 9.79 Å². The first kappa shape index (κ1) is 21.5. The van der Waals surface area contributed by atoms with E-state index >= 15 is 0 Å². The second-order valence-electron chi connectivity index (χ2n) is 7.09. The first-order chi connectivity index (χ1) is 14.6. The van der Waals surface area contributed by atoms with Crippen LogP contribution in [0.4, 0.5) is 5.69 Å². The maximum atomic E-state index is 11.9. The van der Waals surface area contributed by atoms with Crippen molar-refractivity contribution < 1.29 is 14.3 Å². The number of benzene rings is 2. The summed E-state index contributed by atoms with van der Waals surface area (Å²) in [7, 11) is 3.36. The zero-order valence-electron chi connectivity index (χ0n) is 17.9. The summed E-state index contributed by atoms with van der Waals surface area (Å²) in [6, 6.07) is 14.0. The number of guanidine groups is 1. The molecular formula is C23H30N4O3. The fraction of sp³-hybridized carbons (Fsp3) is 0.391. The van der Waals surface area contributed by atoms with Gasteiger partial charge in [-0.1, -0.05) is 24.3 Å². The molecule has 0 aliphatic carbocycles. The Morgan fingerprint density at radius 2 is 2.00 bits per heavy atom. The average Bonchev–Trinajstić information content (AvgIpc) is 3.16. The summed E-state index contributed by atoms with van der Waals surface area (Å²) >= 11 is 0. The molecule has 0 bridgehead atoms. The Hall–Kier alpha value is -3.22. The van der Waals surface area contributed by atoms with E-state index in [0.29, 0.717) is 43.6 Å². The molecular weight excluding hydrogens is 380 g/mol. The van der Waals surface area contributed by atoms with Crippen LogP contribution in [0.1, 0.15) is 30.9 Å². The maximum absolute atomic E-state index is 11.9. The largest absolute Gasteiger partial charge is 0.493 e. The molecule has 0 atom stereocenters. The van der Waals surface area contributed by atoms with Crippen molar-refractivity contribution in [3.8, 4) is 11.5 Å². The minimum atomic E-state index is 0.244. The van der Waals surface area contributed by atoms with Crippen LogP contribution >= 0.6 is 0 Å². The van der Waals surface area contributed by atoms with Crippen LogP contribution in [-0.4, -0.2) is 44.1 Å². The van der Waals surface area contributed by atoms with E-state index in [9.17, 15) is 4.79 Å². The van der Waals surface area contributed by atoms with Crippen LogP contribution < -0.4 is 20.1 Å². The molecule has 0 spiro atoms. The summed E-state index contributed by atoms with van der Waals surface area (Å²) in [5.41, 5.74) is 3.12. The fourth-order valence-electron chi connectivity index (χ4n) is 3.45. The number of nitrogens with zero attached hydrogens (tertiary/aromatic N) is 2. The van der Waals surface area contributed by atoms with Gasteiger partial charge in [0.05, 0.1) is 13.7 Å². The molecule has 1 heterocycles. The van der Waals surface area contributed by atoms with Crippen LogP contribution in [0.2, 0.25) is 0 Å². The van der Waals surface area contributed by atoms with Gasteiger partial charge in [0, 0.05) is 44.9 Å². The predicted molar refractivity (Wildman–Crippen MR) is 119 cm³/mol. The van der Waals surface area contributed by atoms with Crippen LogP contribution in [0.25, 0.3) is 0 Å². The third-order valence-electron chi connectivity index (χ3n) is 4.95. The third-order valence-corrected chi connectivity index (χ3v) is 4.95. The Bertz CT molecular complexity index is 898. The number of hydrogen-bond donors (Lipinski definition) is 2. The molecule has 7 nitrogen and oxygen atoms in total. The van der Waals surface area contributed by atoms with Crippen molar-refractivity contribution >= 4 is 17.6 Å². The molecule has 2 aromatic carbocycles. The first-order valence-electron chi connectivity index (χ1n) is 10.3. The van der Waals surface area contributed by atoms with Gasteiger partial charge >= 0.3 is 0 Å². The topological polar surface area (TPSA) is 75.2 Å². The molecule has 2 N–H and O–H groups in total. The molecule has 2 aromatic rings. The number of carbonyl (C=O) groups excluding carboxylic acids is 1. The van der Waals surface area contributed by atoms with Crippen molar-refractivity contribution in [1.82, 2.24) is 10.2 Å². The fourth-order valence-corrected chi connectivity index (χ4v) is 3.45. The molecule has 1 aliphatic heterocycles. The molecule has 0 unspecified atom stereocenters. The molecule has 1 aliphatic rings. The van der Waals surface area contributed by atoms with Crippen LogP contribution in [0.3, 0.4) is 0 Å². The van der Waals surface area contributed by atoms with Gasteiger partial charge in [0.1, 0.15) is 0 Å². The molecule has 0 radical (unpaired) electrons. The summed E-state index contributed by atoms with van der Waals surface area (Å²) in [4.78, 5) is 18.1. The molecule has 1 amide bonds. The molecule has 3 rings (SSSR count). The summed E-state index contributed by atoms with van der Waals surface area (Å²) in [5.74, 6) is 2.28. The number of aliphatic imine (C=N–C) groups is 1. The number of hydrogen-bond acceptors (Lipinski definition) is 4. The van der Waals surface area contributed by atoms with E-state index in [-0.39, 0.29) is 5.91 Å². The van der Waals surface area contributed by atoms with Gasteiger partial charge in [0.25, 0.3) is 0 Å². The highest BCUT2D eigenvalue weighted by atomic mass is 16.5. The van der Waals surface area contributed by atoms with Gasteiger partial charge in [0.2, 0.25) is 5.91 Å². The number of nitrogens with one attached hydrogen (secondary N) is 2. The predicted octanol–water partition coefficient (Wildman–Crippen LogP) is 3.40. The number of likely N-dealkylation sites (tertiary alicyclic amines) is 1. The highest BCUT2D eigenvalue weighted by molar-refractivity contribution is 5.93. The van der Waals surface area contributed by atoms with E-state index in [0.717, 1.165) is 29.8 Å². The molecule has 160 valence electrons. The SMILES string of the molecule is CCOc1ccc(NC(=NC)NCc2cccc(CN3CCCC3=O)c2)cc1OC. The van der Waals surface area contributed by atoms with Crippen LogP contribution in [0.5, 0.6) is 11.5 Å². The van der Waals surface area contributed by atoms with E-state index in [1.54, 1.807) is 14.2 Å². The Morgan fingerprint density at radius 1 is 1.17 bits per heavy atom. The highest BCUT2D eigenvalue weighted by Gasteiger charge is 2.19. The second kappa shape index (κ2) is 10.5. The number of rotatable bonds is 8. The molecule has 0 saturated carbocycles. The number of methoxy groups -OCH3 is 1. The van der Waals surface area contributed by atoms with E-state index < -0.39 is 0 Å². The third kappa shape index (κ3) is 5.65. The van der Waals surface area contributed by atoms with Crippen LogP contribution in [0, 0.1) is 0 Å². The standard InChI is InChI=1S/C23H30N4O3/c1-4-30-20-11-10-19(14-21(20)29-3)26-23(24-2)25-15-17-7-5-8-18(13-17)16-27-12-6-9-22(27)28/h5,7-8,10-11,13-14H,4,6,9,12,15-16H2,1-3H3,(H2,24,25,26). The lowest BCUT2D eigenvalue weighted by molar-refractivity contribution is -0.128. The number of amides is 1. The second-order valence-corrected chi connectivity index (χ2v) is 7.09. The summed E-state index contributed by atoms with van der Waals surface area (Å²) < 4.78 is 11.0. The normalized spacial score (nSPS) is 14.0. The first-order valence-corrected chi connectivity index (χ1v) is 10.3. The molecule has 1 saturated heterocycles. The lowest BCUT2D eigenvalue weighted by Gasteiger charge is -2.17. The number of ether oxygens (including phenoxy) is 2. The van der Waals surface area contributed by atoms with Gasteiger partial charge in [-0.05, 0) is 36.6 Å². The molecule has 0 aromatic heterocycles. The lowest BCUT2D eigenvalue weighted by Crippen LogP contribution is -2.30. The van der Waals surface area contributed by atoms with E-state index in [1.165, 1.54) is 0 Å². The van der Waals surface area contributed by atoms with Crippen molar-refractivity contribution in [2.75, 3.05) is 32.6 Å². The van der Waals surface area contributed by atoms with E-state index in [2.05, 4.69) is 33.8 Å². The molecule has 1 fully saturated rings. The maximum Gasteiger partial charge on any atom is 0.222 e. The van der Waals surface area contributed by atoms with Gasteiger partial charge in [-0.15, -0.1) is 0 Å². The van der Waals surface area contributed by atoms with Gasteiger partial charge in [-0.2, -0.15) is 0 Å². The van der Waals surface area contributed by atoms with Crippen LogP contribution in [-0.2, 0) is 17.9 Å². The smallest absolute Gasteiger partial charge is 0.222 e. The highest BCUT2D eigenvalue weighted by Crippen LogP contribution is 2.30. The zero-order valence-corrected chi connectivity index (χ0v) is 17.9. The Balaban J connectivity index is 1.59. The van der Waals surface area contributed by atoms with Gasteiger partial charge in [-0.25, -0.2) is 0 Å². The molecule has 7 heteroatoms.